The van der Waals surface area contributed by atoms with Crippen LogP contribution < -0.4 is 10.6 Å². The molecule has 0 amide bonds. The number of benzene rings is 1. The van der Waals surface area contributed by atoms with Crippen LogP contribution in [0.4, 0.5) is 0 Å². The molecule has 23 heavy (non-hydrogen) atoms. The Morgan fingerprint density at radius 2 is 1.78 bits per heavy atom. The Morgan fingerprint density at radius 1 is 1.04 bits per heavy atom. The van der Waals surface area contributed by atoms with E-state index in [0.29, 0.717) is 13.2 Å². The minimum absolute atomic E-state index is 0.655. The highest BCUT2D eigenvalue weighted by Crippen LogP contribution is 2.09. The van der Waals surface area contributed by atoms with Crippen molar-refractivity contribution < 1.29 is 9.47 Å². The maximum atomic E-state index is 5.88. The van der Waals surface area contributed by atoms with E-state index in [9.17, 15) is 0 Å². The predicted octanol–water partition coefficient (Wildman–Crippen LogP) is 2.49. The molecule has 0 aliphatic carbocycles. The summed E-state index contributed by atoms with van der Waals surface area (Å²) in [6.07, 6.45) is 3.01. The zero-order valence-electron chi connectivity index (χ0n) is 14.1. The largest absolute Gasteiger partial charge is 0.382 e. The minimum atomic E-state index is 0.655. The van der Waals surface area contributed by atoms with Crippen molar-refractivity contribution in [2.45, 2.75) is 19.3 Å². The second-order valence-corrected chi connectivity index (χ2v) is 5.55. The molecule has 0 unspecified atom stereocenters. The third-order valence-corrected chi connectivity index (χ3v) is 3.53. The summed E-state index contributed by atoms with van der Waals surface area (Å²) in [5.74, 6) is 0.833. The Kier molecular flexibility index (Phi) is 11.3. The van der Waals surface area contributed by atoms with Gasteiger partial charge in [-0.3, -0.25) is 4.99 Å². The molecule has 0 fully saturated rings. The van der Waals surface area contributed by atoms with Crippen molar-refractivity contribution in [2.75, 3.05) is 47.1 Å². The van der Waals surface area contributed by atoms with Gasteiger partial charge in [0.25, 0.3) is 0 Å². The number of guanidine groups is 1. The molecule has 0 saturated carbocycles. The fourth-order valence-corrected chi connectivity index (χ4v) is 2.10. The number of ether oxygens (including phenoxy) is 2. The number of nitrogens with one attached hydrogen (secondary N) is 2. The van der Waals surface area contributed by atoms with Gasteiger partial charge in [0.2, 0.25) is 0 Å². The SMILES string of the molecule is CN=C(NCCCCOCCOC)NCCc1ccc(Cl)cc1. The van der Waals surface area contributed by atoms with Crippen LogP contribution in [0.25, 0.3) is 0 Å². The summed E-state index contributed by atoms with van der Waals surface area (Å²) < 4.78 is 10.3. The third kappa shape index (κ3) is 10.2. The van der Waals surface area contributed by atoms with Crippen molar-refractivity contribution in [3.8, 4) is 0 Å². The van der Waals surface area contributed by atoms with Crippen LogP contribution in [0, 0.1) is 0 Å². The lowest BCUT2D eigenvalue weighted by molar-refractivity contribution is 0.0689. The maximum absolute atomic E-state index is 5.88. The number of hydrogen-bond donors (Lipinski definition) is 2. The Morgan fingerprint density at radius 3 is 2.48 bits per heavy atom. The van der Waals surface area contributed by atoms with Crippen LogP contribution in [0.15, 0.2) is 29.3 Å². The summed E-state index contributed by atoms with van der Waals surface area (Å²) in [6, 6.07) is 7.92. The van der Waals surface area contributed by atoms with Crippen LogP contribution in [-0.2, 0) is 15.9 Å². The monoisotopic (exact) mass is 341 g/mol. The zero-order valence-corrected chi connectivity index (χ0v) is 14.9. The highest BCUT2D eigenvalue weighted by Gasteiger charge is 1.98. The van der Waals surface area contributed by atoms with E-state index in [1.54, 1.807) is 14.2 Å². The van der Waals surface area contributed by atoms with E-state index in [1.165, 1.54) is 5.56 Å². The first kappa shape index (κ1) is 19.7. The molecule has 6 heteroatoms. The topological polar surface area (TPSA) is 54.9 Å². The average Bonchev–Trinajstić information content (AvgIpc) is 2.57. The van der Waals surface area contributed by atoms with Crippen molar-refractivity contribution in [2.24, 2.45) is 4.99 Å². The lowest BCUT2D eigenvalue weighted by Crippen LogP contribution is -2.38. The number of halogens is 1. The molecule has 5 nitrogen and oxygen atoms in total. The lowest BCUT2D eigenvalue weighted by atomic mass is 10.1. The summed E-state index contributed by atoms with van der Waals surface area (Å²) in [5, 5.41) is 7.38. The van der Waals surface area contributed by atoms with Gasteiger partial charge < -0.3 is 20.1 Å². The van der Waals surface area contributed by atoms with E-state index < -0.39 is 0 Å². The summed E-state index contributed by atoms with van der Waals surface area (Å²) in [4.78, 5) is 4.22. The van der Waals surface area contributed by atoms with E-state index in [2.05, 4.69) is 15.6 Å². The highest BCUT2D eigenvalue weighted by molar-refractivity contribution is 6.30. The van der Waals surface area contributed by atoms with Crippen molar-refractivity contribution in [1.82, 2.24) is 10.6 Å². The van der Waals surface area contributed by atoms with Gasteiger partial charge in [0.15, 0.2) is 5.96 Å². The molecular weight excluding hydrogens is 314 g/mol. The van der Waals surface area contributed by atoms with Crippen molar-refractivity contribution in [3.63, 3.8) is 0 Å². The summed E-state index contributed by atoms with van der Waals surface area (Å²) in [6.45, 7) is 3.81. The van der Waals surface area contributed by atoms with E-state index in [0.717, 1.165) is 49.9 Å². The molecule has 0 heterocycles. The van der Waals surface area contributed by atoms with Gasteiger partial charge in [-0.1, -0.05) is 23.7 Å². The van der Waals surface area contributed by atoms with Crippen LogP contribution in [0.1, 0.15) is 18.4 Å². The minimum Gasteiger partial charge on any atom is -0.382 e. The zero-order chi connectivity index (χ0) is 16.8. The van der Waals surface area contributed by atoms with Crippen molar-refractivity contribution in [1.29, 1.82) is 0 Å². The van der Waals surface area contributed by atoms with Crippen LogP contribution in [0.5, 0.6) is 0 Å². The van der Waals surface area contributed by atoms with Gasteiger partial charge >= 0.3 is 0 Å². The van der Waals surface area contributed by atoms with Crippen LogP contribution >= 0.6 is 11.6 Å². The smallest absolute Gasteiger partial charge is 0.190 e. The number of rotatable bonds is 11. The second kappa shape index (κ2) is 13.2. The van der Waals surface area contributed by atoms with Gasteiger partial charge in [0.05, 0.1) is 13.2 Å². The molecule has 0 atom stereocenters. The number of aliphatic imine (C=N–C) groups is 1. The average molecular weight is 342 g/mol. The molecule has 0 radical (unpaired) electrons. The van der Waals surface area contributed by atoms with E-state index in [-0.39, 0.29) is 0 Å². The Hall–Kier alpha value is -1.30. The van der Waals surface area contributed by atoms with Gasteiger partial charge in [0, 0.05) is 38.9 Å². The third-order valence-electron chi connectivity index (χ3n) is 3.28. The van der Waals surface area contributed by atoms with Crippen LogP contribution in [0.3, 0.4) is 0 Å². The molecule has 0 aliphatic heterocycles. The van der Waals surface area contributed by atoms with E-state index in [1.807, 2.05) is 24.3 Å². The van der Waals surface area contributed by atoms with E-state index in [4.69, 9.17) is 21.1 Å². The molecule has 0 aromatic heterocycles. The molecule has 2 N–H and O–H groups in total. The second-order valence-electron chi connectivity index (χ2n) is 5.11. The first-order chi connectivity index (χ1) is 11.3. The lowest BCUT2D eigenvalue weighted by Gasteiger charge is -2.12. The molecule has 1 aromatic carbocycles. The molecule has 0 saturated heterocycles. The van der Waals surface area contributed by atoms with Crippen LogP contribution in [-0.4, -0.2) is 53.0 Å². The predicted molar refractivity (Wildman–Crippen MR) is 96.4 cm³/mol. The quantitative estimate of drug-likeness (QED) is 0.369. The standard InChI is InChI=1S/C17H28ClN3O2/c1-19-17(20-10-3-4-12-23-14-13-22-2)21-11-9-15-5-7-16(18)8-6-15/h5-8H,3-4,9-14H2,1-2H3,(H2,19,20,21). The van der Waals surface area contributed by atoms with Gasteiger partial charge in [0.1, 0.15) is 0 Å². The van der Waals surface area contributed by atoms with Crippen molar-refractivity contribution >= 4 is 17.6 Å². The molecular formula is C17H28ClN3O2. The maximum Gasteiger partial charge on any atom is 0.190 e. The van der Waals surface area contributed by atoms with Gasteiger partial charge in [-0.25, -0.2) is 0 Å². The molecule has 0 spiro atoms. The summed E-state index contributed by atoms with van der Waals surface area (Å²) >= 11 is 5.88. The Balaban J connectivity index is 2.05. The number of hydrogen-bond acceptors (Lipinski definition) is 3. The first-order valence-corrected chi connectivity index (χ1v) is 8.39. The first-order valence-electron chi connectivity index (χ1n) is 8.02. The Bertz CT molecular complexity index is 438. The van der Waals surface area contributed by atoms with Crippen LogP contribution in [0.2, 0.25) is 5.02 Å². The highest BCUT2D eigenvalue weighted by atomic mass is 35.5. The summed E-state index contributed by atoms with van der Waals surface area (Å²) in [7, 11) is 3.46. The van der Waals surface area contributed by atoms with Gasteiger partial charge in [-0.2, -0.15) is 0 Å². The number of methoxy groups -OCH3 is 1. The molecule has 130 valence electrons. The molecule has 1 aromatic rings. The number of unbranched alkanes of at least 4 members (excludes halogenated alkanes) is 1. The number of nitrogens with zero attached hydrogens (tertiary/aromatic N) is 1. The van der Waals surface area contributed by atoms with E-state index >= 15 is 0 Å². The van der Waals surface area contributed by atoms with Gasteiger partial charge in [-0.15, -0.1) is 0 Å². The normalized spacial score (nSPS) is 11.5. The van der Waals surface area contributed by atoms with Gasteiger partial charge in [-0.05, 0) is 37.0 Å². The fraction of sp³-hybridized carbons (Fsp3) is 0.588. The molecule has 0 bridgehead atoms. The fourth-order valence-electron chi connectivity index (χ4n) is 1.98. The Labute approximate surface area is 144 Å². The van der Waals surface area contributed by atoms with Crippen molar-refractivity contribution in [3.05, 3.63) is 34.9 Å². The summed E-state index contributed by atoms with van der Waals surface area (Å²) in [5.41, 5.74) is 1.26. The molecule has 0 aliphatic rings. The molecule has 1 rings (SSSR count).